The summed E-state index contributed by atoms with van der Waals surface area (Å²) in [5, 5.41) is 16.0. The van der Waals surface area contributed by atoms with E-state index in [1.54, 1.807) is 6.21 Å². The molecule has 0 saturated carbocycles. The van der Waals surface area contributed by atoms with Gasteiger partial charge in [-0.25, -0.2) is 5.43 Å². The van der Waals surface area contributed by atoms with Gasteiger partial charge in [-0.15, -0.1) is 0 Å². The topological polar surface area (TPSA) is 98.8 Å². The smallest absolute Gasteiger partial charge is 0.275 e. The highest BCUT2D eigenvalue weighted by atomic mass is 16.6. The molecular weight excluding hydrogens is 348 g/mol. The second-order valence-electron chi connectivity index (χ2n) is 5.73. The summed E-state index contributed by atoms with van der Waals surface area (Å²) >= 11 is 0. The molecule has 0 unspecified atom stereocenters. The maximum atomic E-state index is 12.4. The van der Waals surface area contributed by atoms with E-state index in [0.717, 1.165) is 29.1 Å². The van der Waals surface area contributed by atoms with Crippen LogP contribution in [0.2, 0.25) is 0 Å². The van der Waals surface area contributed by atoms with Crippen LogP contribution in [0.15, 0.2) is 53.8 Å². The third kappa shape index (κ3) is 3.64. The number of nitrogens with one attached hydrogen (secondary N) is 1. The number of methoxy groups -OCH3 is 1. The molecule has 3 rings (SSSR count). The van der Waals surface area contributed by atoms with Crippen molar-refractivity contribution in [1.82, 2.24) is 9.99 Å². The lowest BCUT2D eigenvalue weighted by Crippen LogP contribution is -2.18. The maximum Gasteiger partial charge on any atom is 0.275 e. The molecule has 0 aliphatic rings. The third-order valence-electron chi connectivity index (χ3n) is 4.17. The molecule has 8 heteroatoms. The first-order valence-corrected chi connectivity index (χ1v) is 8.28. The van der Waals surface area contributed by atoms with Crippen molar-refractivity contribution >= 4 is 28.7 Å². The average Bonchev–Trinajstić information content (AvgIpc) is 3.05. The fourth-order valence-electron chi connectivity index (χ4n) is 2.85. The zero-order chi connectivity index (χ0) is 19.4. The molecule has 8 nitrogen and oxygen atoms in total. The van der Waals surface area contributed by atoms with Gasteiger partial charge in [0.25, 0.3) is 11.6 Å². The number of nitro groups is 1. The second-order valence-corrected chi connectivity index (χ2v) is 5.73. The number of ether oxygens (including phenoxy) is 1. The monoisotopic (exact) mass is 366 g/mol. The highest BCUT2D eigenvalue weighted by Crippen LogP contribution is 2.24. The van der Waals surface area contributed by atoms with Crippen molar-refractivity contribution in [3.8, 4) is 5.75 Å². The van der Waals surface area contributed by atoms with E-state index in [2.05, 4.69) is 15.1 Å². The minimum Gasteiger partial charge on any atom is -0.496 e. The van der Waals surface area contributed by atoms with Gasteiger partial charge in [-0.3, -0.25) is 14.9 Å². The van der Waals surface area contributed by atoms with Gasteiger partial charge in [-0.2, -0.15) is 5.10 Å². The van der Waals surface area contributed by atoms with Crippen LogP contribution in [0.5, 0.6) is 5.75 Å². The van der Waals surface area contributed by atoms with Crippen molar-refractivity contribution in [2.24, 2.45) is 5.10 Å². The molecule has 0 atom stereocenters. The van der Waals surface area contributed by atoms with Crippen molar-refractivity contribution in [3.63, 3.8) is 0 Å². The number of nitrogens with zero attached hydrogens (tertiary/aromatic N) is 3. The minimum atomic E-state index is -0.592. The highest BCUT2D eigenvalue weighted by molar-refractivity contribution is 6.01. The molecule has 1 amide bonds. The van der Waals surface area contributed by atoms with Gasteiger partial charge < -0.3 is 9.30 Å². The van der Waals surface area contributed by atoms with Gasteiger partial charge in [0.1, 0.15) is 5.75 Å². The molecule has 1 aromatic heterocycles. The van der Waals surface area contributed by atoms with Gasteiger partial charge in [-0.05, 0) is 19.1 Å². The van der Waals surface area contributed by atoms with Crippen LogP contribution in [0.25, 0.3) is 10.9 Å². The maximum absolute atomic E-state index is 12.4. The number of carbonyl (C=O) groups excluding carboxylic acids is 1. The summed E-state index contributed by atoms with van der Waals surface area (Å²) in [6.45, 7) is 2.86. The summed E-state index contributed by atoms with van der Waals surface area (Å²) < 4.78 is 7.19. The zero-order valence-corrected chi connectivity index (χ0v) is 14.9. The fourth-order valence-corrected chi connectivity index (χ4v) is 2.85. The van der Waals surface area contributed by atoms with Crippen LogP contribution >= 0.6 is 0 Å². The van der Waals surface area contributed by atoms with Crippen LogP contribution in [0.1, 0.15) is 22.8 Å². The number of nitro benzene ring substituents is 1. The van der Waals surface area contributed by atoms with Crippen molar-refractivity contribution < 1.29 is 14.5 Å². The lowest BCUT2D eigenvalue weighted by molar-refractivity contribution is -0.384. The first-order valence-electron chi connectivity index (χ1n) is 8.28. The Morgan fingerprint density at radius 2 is 2.11 bits per heavy atom. The van der Waals surface area contributed by atoms with E-state index in [1.807, 2.05) is 37.4 Å². The first kappa shape index (κ1) is 18.1. The molecule has 0 spiro atoms. The Bertz CT molecular complexity index is 1040. The Labute approximate surface area is 155 Å². The minimum absolute atomic E-state index is 0.0415. The normalized spacial score (nSPS) is 11.0. The van der Waals surface area contributed by atoms with Crippen molar-refractivity contribution in [3.05, 3.63) is 69.9 Å². The second kappa shape index (κ2) is 7.69. The molecule has 0 fully saturated rings. The van der Waals surface area contributed by atoms with E-state index in [-0.39, 0.29) is 17.0 Å². The molecular formula is C19H18N4O4. The van der Waals surface area contributed by atoms with Crippen LogP contribution in [0, 0.1) is 10.1 Å². The van der Waals surface area contributed by atoms with Crippen LogP contribution in [0.3, 0.4) is 0 Å². The molecule has 3 aromatic rings. The molecule has 0 saturated heterocycles. The molecule has 27 heavy (non-hydrogen) atoms. The quantitative estimate of drug-likeness (QED) is 0.411. The van der Waals surface area contributed by atoms with E-state index < -0.39 is 10.8 Å². The Morgan fingerprint density at radius 1 is 1.33 bits per heavy atom. The van der Waals surface area contributed by atoms with Gasteiger partial charge in [0, 0.05) is 41.3 Å². The van der Waals surface area contributed by atoms with E-state index in [0.29, 0.717) is 0 Å². The Kier molecular flexibility index (Phi) is 5.16. The van der Waals surface area contributed by atoms with E-state index in [9.17, 15) is 14.9 Å². The number of amides is 1. The predicted molar refractivity (Wildman–Crippen MR) is 102 cm³/mol. The fraction of sp³-hybridized carbons (Fsp3) is 0.158. The molecule has 0 aliphatic carbocycles. The molecule has 138 valence electrons. The largest absolute Gasteiger partial charge is 0.496 e. The molecule has 0 bridgehead atoms. The molecule has 2 aromatic carbocycles. The van der Waals surface area contributed by atoms with Crippen LogP contribution < -0.4 is 10.2 Å². The third-order valence-corrected chi connectivity index (χ3v) is 4.17. The van der Waals surface area contributed by atoms with Crippen molar-refractivity contribution in [1.29, 1.82) is 0 Å². The summed E-state index contributed by atoms with van der Waals surface area (Å²) in [5.74, 6) is -0.359. The summed E-state index contributed by atoms with van der Waals surface area (Å²) in [4.78, 5) is 22.7. The molecule has 0 aliphatic heterocycles. The predicted octanol–water partition coefficient (Wildman–Crippen LogP) is 3.34. The van der Waals surface area contributed by atoms with Crippen LogP contribution in [-0.2, 0) is 6.54 Å². The number of fused-ring (bicyclic) bond motifs is 1. The van der Waals surface area contributed by atoms with E-state index in [4.69, 9.17) is 4.74 Å². The Balaban J connectivity index is 1.84. The van der Waals surface area contributed by atoms with E-state index >= 15 is 0 Å². The number of hydrazone groups is 1. The summed E-state index contributed by atoms with van der Waals surface area (Å²) in [6, 6.07) is 11.7. The lowest BCUT2D eigenvalue weighted by atomic mass is 10.1. The average molecular weight is 366 g/mol. The lowest BCUT2D eigenvalue weighted by Gasteiger charge is -2.06. The number of carbonyl (C=O) groups is 1. The number of hydrogen-bond donors (Lipinski definition) is 1. The standard InChI is InChI=1S/C19H18N4O4/c1-3-22-12-13(15-6-4-5-7-17(15)22)11-20-21-19(24)16-10-14(23(25)26)8-9-18(16)27-2/h4-12H,3H2,1-2H3,(H,21,24)/b20-11-. The summed E-state index contributed by atoms with van der Waals surface area (Å²) in [7, 11) is 1.39. The summed E-state index contributed by atoms with van der Waals surface area (Å²) in [6.07, 6.45) is 3.50. The molecule has 0 radical (unpaired) electrons. The van der Waals surface area contributed by atoms with Gasteiger partial charge in [0.2, 0.25) is 0 Å². The van der Waals surface area contributed by atoms with Crippen LogP contribution in [-0.4, -0.2) is 28.7 Å². The zero-order valence-electron chi connectivity index (χ0n) is 14.9. The summed E-state index contributed by atoms with van der Waals surface area (Å²) in [5.41, 5.74) is 4.18. The van der Waals surface area contributed by atoms with Gasteiger partial charge in [-0.1, -0.05) is 18.2 Å². The van der Waals surface area contributed by atoms with Gasteiger partial charge in [0.15, 0.2) is 0 Å². The number of para-hydroxylation sites is 1. The highest BCUT2D eigenvalue weighted by Gasteiger charge is 2.17. The van der Waals surface area contributed by atoms with Gasteiger partial charge >= 0.3 is 0 Å². The number of rotatable bonds is 6. The number of aromatic nitrogens is 1. The molecule has 1 N–H and O–H groups in total. The first-order chi connectivity index (χ1) is 13.0. The number of benzene rings is 2. The Morgan fingerprint density at radius 3 is 2.81 bits per heavy atom. The Hall–Kier alpha value is -3.68. The number of hydrogen-bond acceptors (Lipinski definition) is 5. The van der Waals surface area contributed by atoms with Crippen LogP contribution in [0.4, 0.5) is 5.69 Å². The van der Waals surface area contributed by atoms with E-state index in [1.165, 1.54) is 19.2 Å². The van der Waals surface area contributed by atoms with Crippen molar-refractivity contribution in [2.45, 2.75) is 13.5 Å². The van der Waals surface area contributed by atoms with Gasteiger partial charge in [0.05, 0.1) is 23.8 Å². The number of non-ortho nitro benzene ring substituents is 1. The van der Waals surface area contributed by atoms with Crippen molar-refractivity contribution in [2.75, 3.05) is 7.11 Å². The molecule has 1 heterocycles. The SMILES string of the molecule is CCn1cc(/C=N\NC(=O)c2cc([N+](=O)[O-])ccc2OC)c2ccccc21. The number of aryl methyl sites for hydroxylation is 1.